The van der Waals surface area contributed by atoms with Crippen molar-refractivity contribution in [1.29, 1.82) is 0 Å². The molecule has 0 spiro atoms. The third-order valence-electron chi connectivity index (χ3n) is 3.70. The molecule has 1 aromatic heterocycles. The number of hydrogen-bond acceptors (Lipinski definition) is 4. The van der Waals surface area contributed by atoms with Crippen LogP contribution >= 0.6 is 15.9 Å². The molecule has 0 saturated carbocycles. The molecule has 6 heteroatoms. The second kappa shape index (κ2) is 6.52. The van der Waals surface area contributed by atoms with Crippen LogP contribution in [-0.2, 0) is 6.54 Å². The summed E-state index contributed by atoms with van der Waals surface area (Å²) in [6, 6.07) is 0.425. The van der Waals surface area contributed by atoms with Crippen molar-refractivity contribution in [1.82, 2.24) is 9.78 Å². The van der Waals surface area contributed by atoms with E-state index in [-0.39, 0.29) is 5.56 Å². The van der Waals surface area contributed by atoms with Crippen LogP contribution in [0.1, 0.15) is 32.6 Å². The van der Waals surface area contributed by atoms with E-state index in [1.165, 1.54) is 11.1 Å². The van der Waals surface area contributed by atoms with Gasteiger partial charge in [-0.05, 0) is 55.1 Å². The van der Waals surface area contributed by atoms with Gasteiger partial charge in [0, 0.05) is 19.1 Å². The Morgan fingerprint density at radius 2 is 2.32 bits per heavy atom. The Hall–Kier alpha value is -0.880. The lowest BCUT2D eigenvalue weighted by molar-refractivity contribution is 0.439. The predicted molar refractivity (Wildman–Crippen MR) is 80.5 cm³/mol. The standard InChI is InChI=1S/C13H21BrN4O/c1-2-18-13(19)12(14)11(9-16-18)17-8-4-3-5-10(17)6-7-15/h9-10H,2-8,15H2,1H3. The third kappa shape index (κ3) is 3.00. The number of rotatable bonds is 4. The van der Waals surface area contributed by atoms with Crippen LogP contribution in [0.25, 0.3) is 0 Å². The number of halogens is 1. The average Bonchev–Trinajstić information content (AvgIpc) is 2.43. The highest BCUT2D eigenvalue weighted by Gasteiger charge is 2.25. The maximum absolute atomic E-state index is 12.1. The molecule has 1 aliphatic heterocycles. The number of hydrogen-bond donors (Lipinski definition) is 1. The first-order valence-electron chi connectivity index (χ1n) is 6.91. The molecule has 1 aliphatic rings. The van der Waals surface area contributed by atoms with E-state index in [1.807, 2.05) is 6.92 Å². The Balaban J connectivity index is 2.34. The molecule has 1 saturated heterocycles. The van der Waals surface area contributed by atoms with Crippen LogP contribution < -0.4 is 16.2 Å². The van der Waals surface area contributed by atoms with Gasteiger partial charge < -0.3 is 10.6 Å². The van der Waals surface area contributed by atoms with Gasteiger partial charge in [-0.15, -0.1) is 0 Å². The fraction of sp³-hybridized carbons (Fsp3) is 0.692. The Kier molecular flexibility index (Phi) is 4.99. The highest BCUT2D eigenvalue weighted by atomic mass is 79.9. The summed E-state index contributed by atoms with van der Waals surface area (Å²) in [5.41, 5.74) is 6.55. The maximum Gasteiger partial charge on any atom is 0.283 e. The normalized spacial score (nSPS) is 19.7. The van der Waals surface area contributed by atoms with Crippen molar-refractivity contribution in [3.63, 3.8) is 0 Å². The molecule has 106 valence electrons. The summed E-state index contributed by atoms with van der Waals surface area (Å²) in [5.74, 6) is 0. The molecule has 2 heterocycles. The van der Waals surface area contributed by atoms with Gasteiger partial charge in [0.25, 0.3) is 5.56 Å². The van der Waals surface area contributed by atoms with Gasteiger partial charge in [-0.2, -0.15) is 5.10 Å². The summed E-state index contributed by atoms with van der Waals surface area (Å²) in [4.78, 5) is 14.4. The molecule has 1 aromatic rings. The smallest absolute Gasteiger partial charge is 0.283 e. The molecule has 0 aliphatic carbocycles. The quantitative estimate of drug-likeness (QED) is 0.914. The summed E-state index contributed by atoms with van der Waals surface area (Å²) in [7, 11) is 0. The van der Waals surface area contributed by atoms with Crippen molar-refractivity contribution in [2.45, 2.75) is 45.2 Å². The third-order valence-corrected chi connectivity index (χ3v) is 4.45. The van der Waals surface area contributed by atoms with Gasteiger partial charge in [0.15, 0.2) is 0 Å². The van der Waals surface area contributed by atoms with Crippen molar-refractivity contribution in [3.05, 3.63) is 21.0 Å². The highest BCUT2D eigenvalue weighted by Crippen LogP contribution is 2.29. The first-order chi connectivity index (χ1) is 9.19. The van der Waals surface area contributed by atoms with Crippen LogP contribution in [0.5, 0.6) is 0 Å². The second-order valence-corrected chi connectivity index (χ2v) is 5.68. The molecule has 19 heavy (non-hydrogen) atoms. The Morgan fingerprint density at radius 3 is 3.00 bits per heavy atom. The van der Waals surface area contributed by atoms with Crippen LogP contribution in [0.2, 0.25) is 0 Å². The topological polar surface area (TPSA) is 64.2 Å². The van der Waals surface area contributed by atoms with Crippen molar-refractivity contribution < 1.29 is 0 Å². The number of aryl methyl sites for hydroxylation is 1. The van der Waals surface area contributed by atoms with E-state index in [1.54, 1.807) is 6.20 Å². The first-order valence-corrected chi connectivity index (χ1v) is 7.70. The van der Waals surface area contributed by atoms with Gasteiger partial charge in [0.1, 0.15) is 4.47 Å². The second-order valence-electron chi connectivity index (χ2n) is 4.89. The number of nitrogens with two attached hydrogens (primary N) is 1. The van der Waals surface area contributed by atoms with Gasteiger partial charge in [-0.25, -0.2) is 4.68 Å². The summed E-state index contributed by atoms with van der Waals surface area (Å²) < 4.78 is 2.09. The van der Waals surface area contributed by atoms with Crippen LogP contribution in [0.15, 0.2) is 15.5 Å². The van der Waals surface area contributed by atoms with E-state index in [0.29, 0.717) is 23.6 Å². The zero-order chi connectivity index (χ0) is 13.8. The van der Waals surface area contributed by atoms with Crippen molar-refractivity contribution in [3.8, 4) is 0 Å². The Bertz CT molecular complexity index is 486. The minimum Gasteiger partial charge on any atom is -0.366 e. The lowest BCUT2D eigenvalue weighted by Gasteiger charge is -2.37. The summed E-state index contributed by atoms with van der Waals surface area (Å²) in [6.07, 6.45) is 6.29. The van der Waals surface area contributed by atoms with Gasteiger partial charge >= 0.3 is 0 Å². The van der Waals surface area contributed by atoms with E-state index in [0.717, 1.165) is 31.5 Å². The fourth-order valence-corrected chi connectivity index (χ4v) is 3.23. The average molecular weight is 329 g/mol. The molecule has 1 atom stereocenters. The predicted octanol–water partition coefficient (Wildman–Crippen LogP) is 1.73. The molecular formula is C13H21BrN4O. The van der Waals surface area contributed by atoms with Gasteiger partial charge in [0.2, 0.25) is 0 Å². The largest absolute Gasteiger partial charge is 0.366 e. The molecule has 5 nitrogen and oxygen atoms in total. The molecule has 0 amide bonds. The number of piperidine rings is 1. The van der Waals surface area contributed by atoms with Gasteiger partial charge in [-0.1, -0.05) is 0 Å². The van der Waals surface area contributed by atoms with E-state index in [4.69, 9.17) is 5.73 Å². The molecule has 1 unspecified atom stereocenters. The molecule has 2 rings (SSSR count). The van der Waals surface area contributed by atoms with Crippen molar-refractivity contribution in [2.24, 2.45) is 5.73 Å². The van der Waals surface area contributed by atoms with E-state index >= 15 is 0 Å². The zero-order valence-electron chi connectivity index (χ0n) is 11.3. The summed E-state index contributed by atoms with van der Waals surface area (Å²) >= 11 is 3.44. The van der Waals surface area contributed by atoms with Crippen molar-refractivity contribution in [2.75, 3.05) is 18.0 Å². The van der Waals surface area contributed by atoms with Gasteiger partial charge in [0.05, 0.1) is 11.9 Å². The van der Waals surface area contributed by atoms with Crippen LogP contribution in [0, 0.1) is 0 Å². The van der Waals surface area contributed by atoms with Crippen molar-refractivity contribution >= 4 is 21.6 Å². The molecule has 1 fully saturated rings. The van der Waals surface area contributed by atoms with Gasteiger partial charge in [-0.3, -0.25) is 4.79 Å². The van der Waals surface area contributed by atoms with E-state index in [9.17, 15) is 4.79 Å². The van der Waals surface area contributed by atoms with Crippen LogP contribution in [0.3, 0.4) is 0 Å². The number of nitrogens with zero attached hydrogens (tertiary/aromatic N) is 3. The number of anilines is 1. The zero-order valence-corrected chi connectivity index (χ0v) is 12.9. The molecule has 0 aromatic carbocycles. The molecule has 0 radical (unpaired) electrons. The monoisotopic (exact) mass is 328 g/mol. The summed E-state index contributed by atoms with van der Waals surface area (Å²) in [5, 5.41) is 4.23. The lowest BCUT2D eigenvalue weighted by atomic mass is 9.99. The minimum atomic E-state index is -0.0583. The first kappa shape index (κ1) is 14.5. The van der Waals surface area contributed by atoms with E-state index in [2.05, 4.69) is 25.9 Å². The Morgan fingerprint density at radius 1 is 1.53 bits per heavy atom. The Labute approximate surface area is 121 Å². The highest BCUT2D eigenvalue weighted by molar-refractivity contribution is 9.10. The maximum atomic E-state index is 12.1. The molecule has 2 N–H and O–H groups in total. The molecule has 0 bridgehead atoms. The van der Waals surface area contributed by atoms with Crippen LogP contribution in [-0.4, -0.2) is 28.9 Å². The van der Waals surface area contributed by atoms with E-state index < -0.39 is 0 Å². The lowest BCUT2D eigenvalue weighted by Crippen LogP contribution is -2.42. The SMILES string of the molecule is CCn1ncc(N2CCCCC2CCN)c(Br)c1=O. The fourth-order valence-electron chi connectivity index (χ4n) is 2.69. The number of aromatic nitrogens is 2. The minimum absolute atomic E-state index is 0.0583. The molecular weight excluding hydrogens is 308 g/mol. The van der Waals surface area contributed by atoms with Crippen LogP contribution in [0.4, 0.5) is 5.69 Å². The summed E-state index contributed by atoms with van der Waals surface area (Å²) in [6.45, 7) is 4.15.